The van der Waals surface area contributed by atoms with Crippen molar-refractivity contribution in [1.82, 2.24) is 0 Å². The van der Waals surface area contributed by atoms with E-state index < -0.39 is 12.6 Å². The first-order valence-corrected chi connectivity index (χ1v) is 5.51. The molecule has 0 saturated carbocycles. The quantitative estimate of drug-likeness (QED) is 0.800. The van der Waals surface area contributed by atoms with Crippen molar-refractivity contribution in [2.45, 2.75) is 13.0 Å². The minimum absolute atomic E-state index is 0.0745. The van der Waals surface area contributed by atoms with Gasteiger partial charge < -0.3 is 9.47 Å². The van der Waals surface area contributed by atoms with Gasteiger partial charge in [-0.3, -0.25) is 4.79 Å². The van der Waals surface area contributed by atoms with Crippen molar-refractivity contribution in [3.63, 3.8) is 0 Å². The predicted octanol–water partition coefficient (Wildman–Crippen LogP) is 2.64. The minimum atomic E-state index is -3.04. The van der Waals surface area contributed by atoms with Gasteiger partial charge in [-0.25, -0.2) is 0 Å². The van der Waals surface area contributed by atoms with E-state index in [0.29, 0.717) is 4.47 Å². The van der Waals surface area contributed by atoms with Crippen molar-refractivity contribution in [2.24, 2.45) is 0 Å². The Morgan fingerprint density at radius 2 is 2.22 bits per heavy atom. The molecule has 0 saturated heterocycles. The van der Waals surface area contributed by atoms with Crippen LogP contribution < -0.4 is 4.74 Å². The van der Waals surface area contributed by atoms with Gasteiger partial charge in [0.1, 0.15) is 5.75 Å². The summed E-state index contributed by atoms with van der Waals surface area (Å²) in [6.07, 6.45) is -0.311. The summed E-state index contributed by atoms with van der Waals surface area (Å²) in [5.41, 5.74) is 0.151. The maximum absolute atomic E-state index is 12.3. The van der Waals surface area contributed by atoms with Crippen molar-refractivity contribution < 1.29 is 23.0 Å². The predicted molar refractivity (Wildman–Crippen MR) is 61.2 cm³/mol. The van der Waals surface area contributed by atoms with Gasteiger partial charge >= 0.3 is 12.6 Å². The van der Waals surface area contributed by atoms with Crippen LogP contribution in [0.4, 0.5) is 8.78 Å². The summed E-state index contributed by atoms with van der Waals surface area (Å²) in [6, 6.07) is 4.50. The van der Waals surface area contributed by atoms with Crippen LogP contribution in [0.2, 0.25) is 0 Å². The zero-order chi connectivity index (χ0) is 13.7. The van der Waals surface area contributed by atoms with Gasteiger partial charge in [0.05, 0.1) is 25.2 Å². The number of alkyl halides is 2. The summed E-state index contributed by atoms with van der Waals surface area (Å²) in [6.45, 7) is -3.04. The third-order valence-corrected chi connectivity index (χ3v) is 2.52. The third kappa shape index (κ3) is 3.67. The molecule has 0 radical (unpaired) electrons. The van der Waals surface area contributed by atoms with Crippen LogP contribution in [0, 0.1) is 11.3 Å². The van der Waals surface area contributed by atoms with Crippen molar-refractivity contribution >= 4 is 21.9 Å². The van der Waals surface area contributed by atoms with Crippen LogP contribution in [-0.4, -0.2) is 19.7 Å². The second-order valence-corrected chi connectivity index (χ2v) is 4.09. The van der Waals surface area contributed by atoms with Gasteiger partial charge in [-0.05, 0) is 12.1 Å². The number of rotatable bonds is 4. The zero-order valence-corrected chi connectivity index (χ0v) is 10.8. The highest BCUT2D eigenvalue weighted by atomic mass is 79.9. The fraction of sp³-hybridized carbons (Fsp3) is 0.273. The van der Waals surface area contributed by atoms with Gasteiger partial charge in [0, 0.05) is 10.0 Å². The molecule has 1 aromatic rings. The van der Waals surface area contributed by atoms with E-state index >= 15 is 0 Å². The lowest BCUT2D eigenvalue weighted by Crippen LogP contribution is -2.11. The Morgan fingerprint density at radius 3 is 2.72 bits per heavy atom. The molecule has 1 aromatic carbocycles. The van der Waals surface area contributed by atoms with Crippen LogP contribution in [0.5, 0.6) is 5.75 Å². The molecule has 0 fully saturated rings. The number of methoxy groups -OCH3 is 1. The Morgan fingerprint density at radius 1 is 1.56 bits per heavy atom. The normalized spacial score (nSPS) is 10.0. The highest BCUT2D eigenvalue weighted by Crippen LogP contribution is 2.29. The highest BCUT2D eigenvalue weighted by Gasteiger charge is 2.18. The molecule has 0 atom stereocenters. The van der Waals surface area contributed by atoms with Gasteiger partial charge in [-0.15, -0.1) is 0 Å². The molecule has 0 aliphatic carbocycles. The molecule has 0 N–H and O–H groups in total. The Kier molecular flexibility index (Phi) is 5.04. The molecule has 0 bridgehead atoms. The van der Waals surface area contributed by atoms with E-state index in [9.17, 15) is 13.6 Å². The van der Waals surface area contributed by atoms with E-state index in [1.165, 1.54) is 19.2 Å². The topological polar surface area (TPSA) is 59.3 Å². The second kappa shape index (κ2) is 6.31. The van der Waals surface area contributed by atoms with Crippen LogP contribution in [-0.2, 0) is 16.0 Å². The first-order valence-electron chi connectivity index (χ1n) is 4.72. The second-order valence-electron chi connectivity index (χ2n) is 3.17. The lowest BCUT2D eigenvalue weighted by Gasteiger charge is -2.12. The molecular formula is C11H8BrF2NO3. The molecule has 0 unspecified atom stereocenters. The molecule has 0 aliphatic rings. The average Bonchev–Trinajstić information content (AvgIpc) is 2.30. The Bertz CT molecular complexity index is 500. The molecule has 0 heterocycles. The molecule has 1 rings (SSSR count). The average molecular weight is 320 g/mol. The van der Waals surface area contributed by atoms with Crippen molar-refractivity contribution in [3.8, 4) is 11.8 Å². The number of ether oxygens (including phenoxy) is 2. The number of nitriles is 1. The molecule has 96 valence electrons. The maximum Gasteiger partial charge on any atom is 0.387 e. The molecule has 0 spiro atoms. The number of hydrogen-bond acceptors (Lipinski definition) is 4. The summed E-state index contributed by atoms with van der Waals surface area (Å²) >= 11 is 3.07. The maximum atomic E-state index is 12.3. The van der Waals surface area contributed by atoms with Crippen LogP contribution in [0.25, 0.3) is 0 Å². The van der Waals surface area contributed by atoms with Gasteiger partial charge in [0.2, 0.25) is 0 Å². The highest BCUT2D eigenvalue weighted by molar-refractivity contribution is 9.10. The molecule has 0 aliphatic heterocycles. The molecule has 4 nitrogen and oxygen atoms in total. The SMILES string of the molecule is COC(=O)Cc1c(C#N)cc(Br)cc1OC(F)F. The van der Waals surface area contributed by atoms with Crippen molar-refractivity contribution in [2.75, 3.05) is 7.11 Å². The Hall–Kier alpha value is -1.68. The zero-order valence-electron chi connectivity index (χ0n) is 9.25. The number of nitrogens with zero attached hydrogens (tertiary/aromatic N) is 1. The van der Waals surface area contributed by atoms with Crippen LogP contribution in [0.3, 0.4) is 0 Å². The molecule has 7 heteroatoms. The first-order chi connectivity index (χ1) is 8.47. The van der Waals surface area contributed by atoms with Crippen molar-refractivity contribution in [1.29, 1.82) is 5.26 Å². The fourth-order valence-corrected chi connectivity index (χ4v) is 1.75. The van der Waals surface area contributed by atoms with Gasteiger partial charge in [0.25, 0.3) is 0 Å². The lowest BCUT2D eigenvalue weighted by atomic mass is 10.0. The standard InChI is InChI=1S/C11H8BrF2NO3/c1-17-10(16)4-8-6(5-15)2-7(12)3-9(8)18-11(13)14/h2-3,11H,4H2,1H3. The third-order valence-electron chi connectivity index (χ3n) is 2.06. The van der Waals surface area contributed by atoms with Gasteiger partial charge in [0.15, 0.2) is 0 Å². The van der Waals surface area contributed by atoms with Crippen LogP contribution in [0.15, 0.2) is 16.6 Å². The summed E-state index contributed by atoms with van der Waals surface area (Å²) in [5, 5.41) is 8.92. The lowest BCUT2D eigenvalue weighted by molar-refractivity contribution is -0.139. The smallest absolute Gasteiger partial charge is 0.387 e. The number of hydrogen-bond donors (Lipinski definition) is 0. The summed E-state index contributed by atoms with van der Waals surface area (Å²) in [7, 11) is 1.17. The molecule has 0 aromatic heterocycles. The van der Waals surface area contributed by atoms with Crippen LogP contribution >= 0.6 is 15.9 Å². The number of benzene rings is 1. The summed E-state index contributed by atoms with van der Waals surface area (Å²) < 4.78 is 33.6. The summed E-state index contributed by atoms with van der Waals surface area (Å²) in [4.78, 5) is 11.2. The molecule has 0 amide bonds. The number of halogens is 3. The number of esters is 1. The van der Waals surface area contributed by atoms with E-state index in [0.717, 1.165) is 0 Å². The van der Waals surface area contributed by atoms with Crippen LogP contribution in [0.1, 0.15) is 11.1 Å². The minimum Gasteiger partial charge on any atom is -0.469 e. The number of carbonyl (C=O) groups is 1. The molecule has 18 heavy (non-hydrogen) atoms. The monoisotopic (exact) mass is 319 g/mol. The van der Waals surface area contributed by atoms with E-state index in [1.807, 2.05) is 6.07 Å². The first kappa shape index (κ1) is 14.4. The fourth-order valence-electron chi connectivity index (χ4n) is 1.31. The molecular weight excluding hydrogens is 312 g/mol. The Balaban J connectivity index is 3.24. The van der Waals surface area contributed by atoms with E-state index in [2.05, 4.69) is 25.4 Å². The summed E-state index contributed by atoms with van der Waals surface area (Å²) in [5.74, 6) is -0.866. The van der Waals surface area contributed by atoms with Gasteiger partial charge in [-0.2, -0.15) is 14.0 Å². The van der Waals surface area contributed by atoms with Crippen molar-refractivity contribution in [3.05, 3.63) is 27.7 Å². The number of carbonyl (C=O) groups excluding carboxylic acids is 1. The van der Waals surface area contributed by atoms with E-state index in [4.69, 9.17) is 5.26 Å². The van der Waals surface area contributed by atoms with E-state index in [-0.39, 0.29) is 23.3 Å². The van der Waals surface area contributed by atoms with E-state index in [1.54, 1.807) is 0 Å². The van der Waals surface area contributed by atoms with Gasteiger partial charge in [-0.1, -0.05) is 15.9 Å². The Labute approximate surface area is 110 Å². The largest absolute Gasteiger partial charge is 0.469 e.